The van der Waals surface area contributed by atoms with Crippen LogP contribution in [0.2, 0.25) is 0 Å². The number of rotatable bonds is 2. The fraction of sp³-hybridized carbons (Fsp3) is 0.286. The van der Waals surface area contributed by atoms with Crippen LogP contribution in [-0.4, -0.2) is 19.2 Å². The summed E-state index contributed by atoms with van der Waals surface area (Å²) >= 11 is 0. The quantitative estimate of drug-likeness (QED) is 0.353. The van der Waals surface area contributed by atoms with E-state index in [4.69, 9.17) is 9.47 Å². The van der Waals surface area contributed by atoms with Crippen molar-refractivity contribution in [2.75, 3.05) is 14.2 Å². The van der Waals surface area contributed by atoms with Gasteiger partial charge in [0.05, 0.1) is 26.0 Å². The average molecular weight is 145 g/mol. The molecule has 0 aromatic carbocycles. The van der Waals surface area contributed by atoms with Crippen molar-refractivity contribution in [2.45, 2.75) is 0 Å². The molecule has 0 saturated carbocycles. The third-order valence-electron chi connectivity index (χ3n) is 1.05. The minimum atomic E-state index is 0. The average Bonchev–Trinajstić information content (AvgIpc) is 2.05. The van der Waals surface area contributed by atoms with Crippen LogP contribution >= 0.6 is 0 Å². The summed E-state index contributed by atoms with van der Waals surface area (Å²) in [5, 5.41) is 0. The summed E-state index contributed by atoms with van der Waals surface area (Å²) in [6, 6.07) is 6.10. The monoisotopic (exact) mass is 145 g/mol. The third-order valence-corrected chi connectivity index (χ3v) is 1.05. The van der Waals surface area contributed by atoms with E-state index in [1.807, 2.05) is 0 Å². The zero-order valence-electron chi connectivity index (χ0n) is 6.92. The SMILES string of the molecule is COc1c[c-]cc(OC)n1.[Li+]. The number of pyridine rings is 1. The van der Waals surface area contributed by atoms with E-state index in [2.05, 4.69) is 11.1 Å². The molecule has 11 heavy (non-hydrogen) atoms. The zero-order chi connectivity index (χ0) is 7.40. The Hall–Kier alpha value is -0.653. The molecule has 0 atom stereocenters. The normalized spacial score (nSPS) is 8.18. The van der Waals surface area contributed by atoms with Crippen LogP contribution in [0.15, 0.2) is 12.1 Å². The molecule has 0 aliphatic carbocycles. The van der Waals surface area contributed by atoms with Crippen LogP contribution in [0.1, 0.15) is 0 Å². The maximum absolute atomic E-state index is 4.83. The number of ether oxygens (including phenoxy) is 2. The number of hydrogen-bond acceptors (Lipinski definition) is 3. The van der Waals surface area contributed by atoms with Crippen LogP contribution in [0.3, 0.4) is 0 Å². The number of aromatic nitrogens is 1. The Balaban J connectivity index is 0.000001000. The summed E-state index contributed by atoms with van der Waals surface area (Å²) in [6.07, 6.45) is 0. The van der Waals surface area contributed by atoms with Crippen LogP contribution in [-0.2, 0) is 0 Å². The van der Waals surface area contributed by atoms with E-state index in [1.54, 1.807) is 26.4 Å². The maximum Gasteiger partial charge on any atom is 1.00 e. The second-order valence-electron chi connectivity index (χ2n) is 1.65. The van der Waals surface area contributed by atoms with E-state index in [0.29, 0.717) is 11.8 Å². The molecule has 0 bridgehead atoms. The molecule has 1 aromatic heterocycles. The van der Waals surface area contributed by atoms with Gasteiger partial charge in [-0.05, 0) is 0 Å². The molecule has 0 fully saturated rings. The molecule has 54 valence electrons. The molecular weight excluding hydrogens is 137 g/mol. The number of hydrogen-bond donors (Lipinski definition) is 0. The summed E-state index contributed by atoms with van der Waals surface area (Å²) in [5.41, 5.74) is 0. The molecule has 1 aromatic rings. The van der Waals surface area contributed by atoms with Gasteiger partial charge < -0.3 is 14.5 Å². The van der Waals surface area contributed by atoms with Crippen LogP contribution in [0.5, 0.6) is 11.8 Å². The van der Waals surface area contributed by atoms with Crippen LogP contribution in [0.25, 0.3) is 0 Å². The van der Waals surface area contributed by atoms with Crippen molar-refractivity contribution in [2.24, 2.45) is 0 Å². The van der Waals surface area contributed by atoms with Crippen molar-refractivity contribution in [1.82, 2.24) is 4.98 Å². The smallest absolute Gasteiger partial charge is 0.538 e. The molecule has 1 heterocycles. The van der Waals surface area contributed by atoms with E-state index < -0.39 is 0 Å². The van der Waals surface area contributed by atoms with Gasteiger partial charge >= 0.3 is 18.9 Å². The van der Waals surface area contributed by atoms with E-state index >= 15 is 0 Å². The molecule has 0 N–H and O–H groups in total. The Morgan fingerprint density at radius 2 is 1.64 bits per heavy atom. The number of methoxy groups -OCH3 is 2. The van der Waals surface area contributed by atoms with Crippen molar-refractivity contribution < 1.29 is 28.3 Å². The van der Waals surface area contributed by atoms with Gasteiger partial charge in [0.2, 0.25) is 0 Å². The molecule has 0 amide bonds. The predicted octanol–water partition coefficient (Wildman–Crippen LogP) is -2.10. The largest absolute Gasteiger partial charge is 1.00 e. The molecule has 0 spiro atoms. The summed E-state index contributed by atoms with van der Waals surface area (Å²) in [4.78, 5) is 3.93. The maximum atomic E-state index is 4.83. The molecule has 0 aliphatic heterocycles. The van der Waals surface area contributed by atoms with Gasteiger partial charge in [-0.1, -0.05) is 0 Å². The summed E-state index contributed by atoms with van der Waals surface area (Å²) in [6.45, 7) is 0. The fourth-order valence-electron chi connectivity index (χ4n) is 0.567. The topological polar surface area (TPSA) is 31.4 Å². The van der Waals surface area contributed by atoms with Crippen molar-refractivity contribution in [3.05, 3.63) is 18.2 Å². The van der Waals surface area contributed by atoms with Crippen molar-refractivity contribution in [3.8, 4) is 11.8 Å². The first-order valence-electron chi connectivity index (χ1n) is 2.83. The van der Waals surface area contributed by atoms with Crippen molar-refractivity contribution in [1.29, 1.82) is 0 Å². The zero-order valence-corrected chi connectivity index (χ0v) is 6.92. The Labute approximate surface area is 77.9 Å². The van der Waals surface area contributed by atoms with Gasteiger partial charge in [-0.25, -0.2) is 0 Å². The van der Waals surface area contributed by atoms with Gasteiger partial charge in [0, 0.05) is 0 Å². The van der Waals surface area contributed by atoms with Crippen molar-refractivity contribution in [3.63, 3.8) is 0 Å². The van der Waals surface area contributed by atoms with Crippen LogP contribution < -0.4 is 28.3 Å². The van der Waals surface area contributed by atoms with Crippen molar-refractivity contribution >= 4 is 0 Å². The fourth-order valence-corrected chi connectivity index (χ4v) is 0.567. The molecule has 0 radical (unpaired) electrons. The van der Waals surface area contributed by atoms with Crippen LogP contribution in [0, 0.1) is 6.07 Å². The van der Waals surface area contributed by atoms with E-state index in [1.165, 1.54) is 0 Å². The third kappa shape index (κ3) is 2.83. The minimum Gasteiger partial charge on any atom is -0.538 e. The molecule has 0 saturated heterocycles. The molecule has 0 aliphatic rings. The van der Waals surface area contributed by atoms with E-state index in [9.17, 15) is 0 Å². The molecular formula is C7H8LiNO2. The van der Waals surface area contributed by atoms with Gasteiger partial charge in [0.25, 0.3) is 0 Å². The van der Waals surface area contributed by atoms with Gasteiger partial charge in [0.15, 0.2) is 0 Å². The molecule has 0 unspecified atom stereocenters. The summed E-state index contributed by atoms with van der Waals surface area (Å²) in [7, 11) is 3.10. The Kier molecular flexibility index (Phi) is 4.76. The van der Waals surface area contributed by atoms with Gasteiger partial charge in [-0.15, -0.1) is 12.1 Å². The Morgan fingerprint density at radius 1 is 1.18 bits per heavy atom. The Morgan fingerprint density at radius 3 is 2.00 bits per heavy atom. The summed E-state index contributed by atoms with van der Waals surface area (Å²) < 4.78 is 9.67. The predicted molar refractivity (Wildman–Crippen MR) is 36.2 cm³/mol. The first-order valence-corrected chi connectivity index (χ1v) is 2.83. The second kappa shape index (κ2) is 5.06. The Bertz CT molecular complexity index is 198. The van der Waals surface area contributed by atoms with Crippen LogP contribution in [0.4, 0.5) is 0 Å². The molecule has 4 heteroatoms. The molecule has 3 nitrogen and oxygen atoms in total. The summed E-state index contributed by atoms with van der Waals surface area (Å²) in [5.74, 6) is 1.03. The van der Waals surface area contributed by atoms with Gasteiger partial charge in [0.1, 0.15) is 0 Å². The first kappa shape index (κ1) is 10.3. The number of nitrogens with zero attached hydrogens (tertiary/aromatic N) is 1. The van der Waals surface area contributed by atoms with E-state index in [-0.39, 0.29) is 18.9 Å². The minimum absolute atomic E-state index is 0. The molecule has 1 rings (SSSR count). The standard InChI is InChI=1S/C7H8NO2.Li/c1-9-6-4-3-5-7(8-6)10-2;/h4-5H,1-2H3;/q-1;+1. The first-order chi connectivity index (χ1) is 4.86. The second-order valence-corrected chi connectivity index (χ2v) is 1.65. The van der Waals surface area contributed by atoms with Gasteiger partial charge in [-0.2, -0.15) is 6.07 Å². The van der Waals surface area contributed by atoms with Gasteiger partial charge in [-0.3, -0.25) is 0 Å². The van der Waals surface area contributed by atoms with E-state index in [0.717, 1.165) is 0 Å².